The van der Waals surface area contributed by atoms with E-state index >= 15 is 0 Å². The number of hydrogen-bond acceptors (Lipinski definition) is 6. The maximum atomic E-state index is 14.4. The quantitative estimate of drug-likeness (QED) is 0.397. The van der Waals surface area contributed by atoms with Gasteiger partial charge in [0, 0.05) is 17.7 Å². The molecule has 5 heterocycles. The molecule has 0 radical (unpaired) electrons. The van der Waals surface area contributed by atoms with E-state index in [0.717, 1.165) is 11.1 Å². The minimum Gasteiger partial charge on any atom is -0.340 e. The molecule has 0 fully saturated rings. The number of amides is 2. The number of para-hydroxylation sites is 1. The molecule has 2 aliphatic rings. The van der Waals surface area contributed by atoms with Gasteiger partial charge in [-0.25, -0.2) is 19.3 Å². The Hall–Kier alpha value is -4.93. The lowest BCUT2D eigenvalue weighted by atomic mass is 9.70. The SMILES string of the molecule is Cc1nn(-c2ncnc3nc[nH]c23)c2c1C1(CC(=O)N2)C(=O)N(Cc2ccc(F)cc2)c2ccccc21. The van der Waals surface area contributed by atoms with Gasteiger partial charge >= 0.3 is 0 Å². The van der Waals surface area contributed by atoms with E-state index in [-0.39, 0.29) is 30.6 Å². The fourth-order valence-electron chi connectivity index (χ4n) is 5.59. The van der Waals surface area contributed by atoms with Crippen molar-refractivity contribution in [2.75, 3.05) is 10.2 Å². The highest BCUT2D eigenvalue weighted by molar-refractivity contribution is 6.16. The number of hydrogen-bond donors (Lipinski definition) is 2. The summed E-state index contributed by atoms with van der Waals surface area (Å²) < 4.78 is 15.1. The van der Waals surface area contributed by atoms with Crippen molar-refractivity contribution < 1.29 is 14.0 Å². The maximum absolute atomic E-state index is 14.4. The highest BCUT2D eigenvalue weighted by atomic mass is 19.1. The Morgan fingerprint density at radius 1 is 1.05 bits per heavy atom. The molecule has 2 aromatic carbocycles. The Balaban J connectivity index is 1.44. The van der Waals surface area contributed by atoms with Gasteiger partial charge in [-0.1, -0.05) is 30.3 Å². The molecule has 11 heteroatoms. The number of halogens is 1. The van der Waals surface area contributed by atoms with Crippen LogP contribution in [0.15, 0.2) is 61.2 Å². The van der Waals surface area contributed by atoms with E-state index in [2.05, 4.69) is 25.3 Å². The van der Waals surface area contributed by atoms with E-state index in [0.29, 0.717) is 39.7 Å². The van der Waals surface area contributed by atoms with E-state index in [1.54, 1.807) is 17.0 Å². The number of anilines is 2. The number of nitrogens with zero attached hydrogens (tertiary/aromatic N) is 6. The molecule has 3 aromatic heterocycles. The Kier molecular flexibility index (Phi) is 4.35. The largest absolute Gasteiger partial charge is 0.340 e. The van der Waals surface area contributed by atoms with E-state index in [4.69, 9.17) is 5.10 Å². The number of fused-ring (bicyclic) bond motifs is 5. The summed E-state index contributed by atoms with van der Waals surface area (Å²) in [5.41, 5.74) is 3.17. The number of nitrogens with one attached hydrogen (secondary N) is 2. The van der Waals surface area contributed by atoms with Crippen molar-refractivity contribution >= 4 is 34.5 Å². The standard InChI is InChI=1S/C26H19FN8O2/c1-14-20-23(35(33-14)24-21-22(29-12-28-21)30-13-31-24)32-19(36)10-26(20)17-4-2-3-5-18(17)34(25(26)37)11-15-6-8-16(27)9-7-15/h2-9,12-13H,10-11H2,1H3,(H,32,36)(H,28,29,30,31). The van der Waals surface area contributed by atoms with Gasteiger partial charge in [-0.3, -0.25) is 9.59 Å². The Bertz CT molecular complexity index is 1740. The van der Waals surface area contributed by atoms with Crippen molar-refractivity contribution in [3.8, 4) is 5.82 Å². The third-order valence-corrected chi connectivity index (χ3v) is 7.09. The predicted molar refractivity (Wildman–Crippen MR) is 132 cm³/mol. The number of rotatable bonds is 3. The molecule has 1 atom stereocenters. The number of aryl methyl sites for hydroxylation is 1. The van der Waals surface area contributed by atoms with Crippen LogP contribution < -0.4 is 10.2 Å². The Morgan fingerprint density at radius 3 is 2.70 bits per heavy atom. The fraction of sp³-hybridized carbons (Fsp3) is 0.154. The zero-order valence-corrected chi connectivity index (χ0v) is 19.6. The van der Waals surface area contributed by atoms with Crippen LogP contribution in [0.25, 0.3) is 17.0 Å². The molecule has 7 rings (SSSR count). The summed E-state index contributed by atoms with van der Waals surface area (Å²) in [4.78, 5) is 45.1. The van der Waals surface area contributed by atoms with Crippen molar-refractivity contribution in [2.45, 2.75) is 25.3 Å². The number of H-pyrrole nitrogens is 1. The van der Waals surface area contributed by atoms with E-state index in [9.17, 15) is 14.0 Å². The number of aromatic amines is 1. The number of carbonyl (C=O) groups excluding carboxylic acids is 2. The van der Waals surface area contributed by atoms with Crippen LogP contribution in [0.5, 0.6) is 0 Å². The number of benzene rings is 2. The highest BCUT2D eigenvalue weighted by Gasteiger charge is 2.58. The van der Waals surface area contributed by atoms with Gasteiger partial charge < -0.3 is 15.2 Å². The summed E-state index contributed by atoms with van der Waals surface area (Å²) in [6, 6.07) is 13.5. The highest BCUT2D eigenvalue weighted by Crippen LogP contribution is 2.53. The van der Waals surface area contributed by atoms with Crippen molar-refractivity contribution in [3.05, 3.63) is 89.4 Å². The predicted octanol–water partition coefficient (Wildman–Crippen LogP) is 3.16. The minimum atomic E-state index is -1.27. The van der Waals surface area contributed by atoms with Crippen LogP contribution in [0.2, 0.25) is 0 Å². The second-order valence-electron chi connectivity index (χ2n) is 9.18. The van der Waals surface area contributed by atoms with Crippen LogP contribution in [0.1, 0.15) is 28.8 Å². The van der Waals surface area contributed by atoms with E-state index in [1.807, 2.05) is 31.2 Å². The molecule has 1 spiro atoms. The van der Waals surface area contributed by atoms with Crippen LogP contribution in [0, 0.1) is 12.7 Å². The summed E-state index contributed by atoms with van der Waals surface area (Å²) in [6.07, 6.45) is 2.82. The van der Waals surface area contributed by atoms with E-state index in [1.165, 1.54) is 29.5 Å². The second-order valence-corrected chi connectivity index (χ2v) is 9.18. The van der Waals surface area contributed by atoms with Gasteiger partial charge in [0.25, 0.3) is 0 Å². The van der Waals surface area contributed by atoms with Gasteiger partial charge in [0.15, 0.2) is 11.5 Å². The van der Waals surface area contributed by atoms with Gasteiger partial charge in [-0.05, 0) is 36.2 Å². The number of imidazole rings is 1. The smallest absolute Gasteiger partial charge is 0.243 e. The van der Waals surface area contributed by atoms with Crippen LogP contribution in [0.3, 0.4) is 0 Å². The lowest BCUT2D eigenvalue weighted by molar-refractivity contribution is -0.126. The maximum Gasteiger partial charge on any atom is 0.243 e. The third kappa shape index (κ3) is 2.90. The minimum absolute atomic E-state index is 0.0639. The van der Waals surface area contributed by atoms with Crippen molar-refractivity contribution in [1.29, 1.82) is 0 Å². The summed E-state index contributed by atoms with van der Waals surface area (Å²) >= 11 is 0. The summed E-state index contributed by atoms with van der Waals surface area (Å²) in [7, 11) is 0. The summed E-state index contributed by atoms with van der Waals surface area (Å²) in [5.74, 6) is -0.0937. The molecular formula is C26H19FN8O2. The topological polar surface area (TPSA) is 122 Å². The van der Waals surface area contributed by atoms with Crippen LogP contribution in [-0.4, -0.2) is 41.5 Å². The van der Waals surface area contributed by atoms with Crippen LogP contribution in [0.4, 0.5) is 15.9 Å². The third-order valence-electron chi connectivity index (χ3n) is 7.09. The van der Waals surface area contributed by atoms with Gasteiger partial charge in [-0.15, -0.1) is 0 Å². The molecule has 2 N–H and O–H groups in total. The fourth-order valence-corrected chi connectivity index (χ4v) is 5.59. The van der Waals surface area contributed by atoms with E-state index < -0.39 is 5.41 Å². The molecule has 2 aliphatic heterocycles. The monoisotopic (exact) mass is 494 g/mol. The van der Waals surface area contributed by atoms with Crippen molar-refractivity contribution in [3.63, 3.8) is 0 Å². The van der Waals surface area contributed by atoms with Crippen molar-refractivity contribution in [2.24, 2.45) is 0 Å². The van der Waals surface area contributed by atoms with Gasteiger partial charge in [-0.2, -0.15) is 9.78 Å². The molecule has 2 amide bonds. The molecule has 37 heavy (non-hydrogen) atoms. The number of carbonyl (C=O) groups is 2. The first-order chi connectivity index (χ1) is 18.0. The molecule has 182 valence electrons. The molecule has 0 saturated carbocycles. The Labute approximate surface area is 209 Å². The first-order valence-corrected chi connectivity index (χ1v) is 11.7. The number of aromatic nitrogens is 6. The molecule has 0 saturated heterocycles. The average Bonchev–Trinajstić information content (AvgIpc) is 3.57. The average molecular weight is 494 g/mol. The van der Waals surface area contributed by atoms with Crippen LogP contribution >= 0.6 is 0 Å². The second kappa shape index (κ2) is 7.53. The lowest BCUT2D eigenvalue weighted by Gasteiger charge is -2.33. The zero-order chi connectivity index (χ0) is 25.3. The van der Waals surface area contributed by atoms with Gasteiger partial charge in [0.2, 0.25) is 11.8 Å². The Morgan fingerprint density at radius 2 is 1.86 bits per heavy atom. The first-order valence-electron chi connectivity index (χ1n) is 11.7. The molecule has 10 nitrogen and oxygen atoms in total. The normalized spacial score (nSPS) is 18.4. The molecule has 0 bridgehead atoms. The molecule has 1 unspecified atom stereocenters. The molecule has 0 aliphatic carbocycles. The summed E-state index contributed by atoms with van der Waals surface area (Å²) in [5, 5.41) is 7.66. The molecular weight excluding hydrogens is 475 g/mol. The summed E-state index contributed by atoms with van der Waals surface area (Å²) in [6.45, 7) is 2.06. The van der Waals surface area contributed by atoms with Crippen molar-refractivity contribution in [1.82, 2.24) is 29.7 Å². The van der Waals surface area contributed by atoms with Gasteiger partial charge in [0.05, 0.1) is 18.6 Å². The first kappa shape index (κ1) is 21.4. The molecule has 5 aromatic rings. The van der Waals surface area contributed by atoms with Gasteiger partial charge in [0.1, 0.15) is 28.9 Å². The zero-order valence-electron chi connectivity index (χ0n) is 19.6. The lowest BCUT2D eigenvalue weighted by Crippen LogP contribution is -2.46. The van der Waals surface area contributed by atoms with Crippen LogP contribution in [-0.2, 0) is 21.5 Å².